The van der Waals surface area contributed by atoms with Gasteiger partial charge in [0.25, 0.3) is 0 Å². The first-order chi connectivity index (χ1) is 11.1. The number of nitrogens with zero attached hydrogens (tertiary/aromatic N) is 1. The molecule has 1 unspecified atom stereocenters. The highest BCUT2D eigenvalue weighted by molar-refractivity contribution is 7.09. The molecule has 1 saturated carbocycles. The SMILES string of the molecule is O=C(CCc1ccc(C(=O)O)cc1)NC(c1nccs1)C1CC1. The predicted octanol–water partition coefficient (Wildman–Crippen LogP) is 3.04. The second kappa shape index (κ2) is 6.91. The molecule has 120 valence electrons. The molecule has 0 radical (unpaired) electrons. The Labute approximate surface area is 138 Å². The summed E-state index contributed by atoms with van der Waals surface area (Å²) in [5.74, 6) is -0.413. The van der Waals surface area contributed by atoms with Crippen LogP contribution in [0.25, 0.3) is 0 Å². The average Bonchev–Trinajstić information content (AvgIpc) is 3.25. The summed E-state index contributed by atoms with van der Waals surface area (Å²) in [5, 5.41) is 14.9. The van der Waals surface area contributed by atoms with Crippen LogP contribution in [0.15, 0.2) is 35.8 Å². The van der Waals surface area contributed by atoms with Crippen LogP contribution in [-0.2, 0) is 11.2 Å². The second-order valence-electron chi connectivity index (χ2n) is 5.76. The van der Waals surface area contributed by atoms with Gasteiger partial charge in [0.15, 0.2) is 0 Å². The van der Waals surface area contributed by atoms with Crippen LogP contribution in [0.2, 0.25) is 0 Å². The molecule has 5 nitrogen and oxygen atoms in total. The topological polar surface area (TPSA) is 79.3 Å². The normalized spacial score (nSPS) is 15.1. The van der Waals surface area contributed by atoms with E-state index >= 15 is 0 Å². The summed E-state index contributed by atoms with van der Waals surface area (Å²) in [7, 11) is 0. The largest absolute Gasteiger partial charge is 0.478 e. The molecule has 6 heteroatoms. The minimum atomic E-state index is -0.940. The van der Waals surface area contributed by atoms with Gasteiger partial charge in [0.1, 0.15) is 5.01 Å². The Bertz CT molecular complexity index is 678. The van der Waals surface area contributed by atoms with Crippen LogP contribution in [0, 0.1) is 5.92 Å². The minimum Gasteiger partial charge on any atom is -0.478 e. The molecule has 1 amide bonds. The van der Waals surface area contributed by atoms with Crippen molar-refractivity contribution < 1.29 is 14.7 Å². The molecule has 2 aromatic rings. The fourth-order valence-electron chi connectivity index (χ4n) is 2.52. The lowest BCUT2D eigenvalue weighted by Gasteiger charge is -2.15. The Morgan fingerprint density at radius 1 is 1.30 bits per heavy atom. The fraction of sp³-hybridized carbons (Fsp3) is 0.353. The van der Waals surface area contributed by atoms with E-state index in [4.69, 9.17) is 5.11 Å². The molecule has 1 aliphatic rings. The minimum absolute atomic E-state index is 0.0133. The van der Waals surface area contributed by atoms with Crippen molar-refractivity contribution in [3.05, 3.63) is 52.0 Å². The van der Waals surface area contributed by atoms with Gasteiger partial charge >= 0.3 is 5.97 Å². The van der Waals surface area contributed by atoms with Gasteiger partial charge in [-0.2, -0.15) is 0 Å². The van der Waals surface area contributed by atoms with Crippen LogP contribution in [0.1, 0.15) is 46.2 Å². The molecule has 0 bridgehead atoms. The third-order valence-corrected chi connectivity index (χ3v) is 4.83. The van der Waals surface area contributed by atoms with E-state index in [1.807, 2.05) is 5.38 Å². The van der Waals surface area contributed by atoms with Crippen molar-refractivity contribution in [3.8, 4) is 0 Å². The van der Waals surface area contributed by atoms with Crippen molar-refractivity contribution >= 4 is 23.2 Å². The molecule has 3 rings (SSSR count). The highest BCUT2D eigenvalue weighted by Gasteiger charge is 2.34. The maximum absolute atomic E-state index is 12.2. The van der Waals surface area contributed by atoms with Gasteiger partial charge in [0.05, 0.1) is 11.6 Å². The van der Waals surface area contributed by atoms with Crippen LogP contribution < -0.4 is 5.32 Å². The fourth-order valence-corrected chi connectivity index (χ4v) is 3.30. The molecule has 0 aliphatic heterocycles. The van der Waals surface area contributed by atoms with E-state index in [1.165, 1.54) is 0 Å². The summed E-state index contributed by atoms with van der Waals surface area (Å²) < 4.78 is 0. The van der Waals surface area contributed by atoms with Gasteiger partial charge in [0, 0.05) is 18.0 Å². The van der Waals surface area contributed by atoms with Crippen molar-refractivity contribution in [2.45, 2.75) is 31.7 Å². The van der Waals surface area contributed by atoms with Crippen molar-refractivity contribution in [1.82, 2.24) is 10.3 Å². The van der Waals surface area contributed by atoms with Gasteiger partial charge in [-0.25, -0.2) is 9.78 Å². The van der Waals surface area contributed by atoms with Crippen molar-refractivity contribution in [2.24, 2.45) is 5.92 Å². The van der Waals surface area contributed by atoms with Gasteiger partial charge in [-0.3, -0.25) is 4.79 Å². The molecule has 1 aromatic heterocycles. The molecular formula is C17H18N2O3S. The van der Waals surface area contributed by atoms with E-state index in [0.29, 0.717) is 18.8 Å². The van der Waals surface area contributed by atoms with E-state index < -0.39 is 5.97 Å². The predicted molar refractivity (Wildman–Crippen MR) is 87.4 cm³/mol. The van der Waals surface area contributed by atoms with Crippen LogP contribution in [-0.4, -0.2) is 22.0 Å². The third kappa shape index (κ3) is 4.16. The van der Waals surface area contributed by atoms with Crippen LogP contribution in [0.4, 0.5) is 0 Å². The first kappa shape index (κ1) is 15.7. The molecule has 1 fully saturated rings. The number of thiazole rings is 1. The number of benzene rings is 1. The summed E-state index contributed by atoms with van der Waals surface area (Å²) in [6.45, 7) is 0. The molecule has 2 N–H and O–H groups in total. The van der Waals surface area contributed by atoms with Crippen molar-refractivity contribution in [1.29, 1.82) is 0 Å². The lowest BCUT2D eigenvalue weighted by atomic mass is 10.1. The van der Waals surface area contributed by atoms with Crippen LogP contribution in [0.5, 0.6) is 0 Å². The van der Waals surface area contributed by atoms with Gasteiger partial charge in [0.2, 0.25) is 5.91 Å². The van der Waals surface area contributed by atoms with Gasteiger partial charge in [-0.05, 0) is 42.9 Å². The zero-order chi connectivity index (χ0) is 16.2. The highest BCUT2D eigenvalue weighted by atomic mass is 32.1. The Morgan fingerprint density at radius 3 is 2.61 bits per heavy atom. The Balaban J connectivity index is 1.53. The van der Waals surface area contributed by atoms with Crippen LogP contribution >= 0.6 is 11.3 Å². The van der Waals surface area contributed by atoms with Crippen LogP contribution in [0.3, 0.4) is 0 Å². The van der Waals surface area contributed by atoms with E-state index in [-0.39, 0.29) is 17.5 Å². The summed E-state index contributed by atoms with van der Waals surface area (Å²) >= 11 is 1.58. The van der Waals surface area contributed by atoms with E-state index in [2.05, 4.69) is 10.3 Å². The lowest BCUT2D eigenvalue weighted by molar-refractivity contribution is -0.122. The first-order valence-corrected chi connectivity index (χ1v) is 8.52. The van der Waals surface area contributed by atoms with E-state index in [1.54, 1.807) is 41.8 Å². The number of amides is 1. The number of carboxylic acids is 1. The van der Waals surface area contributed by atoms with Gasteiger partial charge in [-0.1, -0.05) is 12.1 Å². The molecular weight excluding hydrogens is 312 g/mol. The second-order valence-corrected chi connectivity index (χ2v) is 6.68. The summed E-state index contributed by atoms with van der Waals surface area (Å²) in [6.07, 6.45) is 5.04. The molecule has 1 aromatic carbocycles. The molecule has 1 atom stereocenters. The Kier molecular flexibility index (Phi) is 4.71. The van der Waals surface area contributed by atoms with Gasteiger partial charge < -0.3 is 10.4 Å². The van der Waals surface area contributed by atoms with E-state index in [0.717, 1.165) is 23.4 Å². The van der Waals surface area contributed by atoms with E-state index in [9.17, 15) is 9.59 Å². The molecule has 0 saturated heterocycles. The lowest BCUT2D eigenvalue weighted by Crippen LogP contribution is -2.29. The monoisotopic (exact) mass is 330 g/mol. The Morgan fingerprint density at radius 2 is 2.04 bits per heavy atom. The quantitative estimate of drug-likeness (QED) is 0.818. The smallest absolute Gasteiger partial charge is 0.335 e. The summed E-state index contributed by atoms with van der Waals surface area (Å²) in [5.41, 5.74) is 1.22. The number of aromatic carboxylic acids is 1. The maximum atomic E-state index is 12.2. The molecule has 23 heavy (non-hydrogen) atoms. The number of aromatic nitrogens is 1. The number of carbonyl (C=O) groups excluding carboxylic acids is 1. The average molecular weight is 330 g/mol. The number of hydrogen-bond donors (Lipinski definition) is 2. The summed E-state index contributed by atoms with van der Waals surface area (Å²) in [4.78, 5) is 27.3. The number of rotatable bonds is 7. The zero-order valence-electron chi connectivity index (χ0n) is 12.6. The number of carboxylic acid groups (broad SMARTS) is 1. The molecule has 0 spiro atoms. The third-order valence-electron chi connectivity index (χ3n) is 3.97. The first-order valence-electron chi connectivity index (χ1n) is 7.64. The zero-order valence-corrected chi connectivity index (χ0v) is 13.4. The number of carbonyl (C=O) groups is 2. The number of nitrogens with one attached hydrogen (secondary N) is 1. The standard InChI is InChI=1S/C17H18N2O3S/c20-14(8-3-11-1-4-13(5-2-11)17(21)22)19-15(12-6-7-12)16-18-9-10-23-16/h1-2,4-5,9-10,12,15H,3,6-8H2,(H,19,20)(H,21,22). The Hall–Kier alpha value is -2.21. The van der Waals surface area contributed by atoms with Crippen molar-refractivity contribution in [3.63, 3.8) is 0 Å². The molecule has 1 aliphatic carbocycles. The number of aryl methyl sites for hydroxylation is 1. The highest BCUT2D eigenvalue weighted by Crippen LogP contribution is 2.41. The van der Waals surface area contributed by atoms with Crippen molar-refractivity contribution in [2.75, 3.05) is 0 Å². The van der Waals surface area contributed by atoms with Gasteiger partial charge in [-0.15, -0.1) is 11.3 Å². The molecule has 1 heterocycles. The number of hydrogen-bond acceptors (Lipinski definition) is 4. The summed E-state index contributed by atoms with van der Waals surface area (Å²) in [6, 6.07) is 6.69. The maximum Gasteiger partial charge on any atom is 0.335 e.